The number of piperidine rings is 1. The Morgan fingerprint density at radius 2 is 1.83 bits per heavy atom. The number of aromatic nitrogens is 3. The summed E-state index contributed by atoms with van der Waals surface area (Å²) in [5, 5.41) is 15.5. The largest absolute Gasteiger partial charge is 0.371 e. The lowest BCUT2D eigenvalue weighted by Gasteiger charge is -2.34. The molecule has 1 aliphatic rings. The first kappa shape index (κ1) is 22.3. The molecular weight excluding hydrogens is 489 g/mol. The average molecular weight is 519 g/mol. The van der Waals surface area contributed by atoms with E-state index in [4.69, 9.17) is 4.99 Å². The normalized spacial score (nSPS) is 15.1. The second kappa shape index (κ2) is 11.1. The molecule has 1 aromatic carbocycles. The van der Waals surface area contributed by atoms with Crippen LogP contribution in [0.3, 0.4) is 0 Å². The van der Waals surface area contributed by atoms with Crippen LogP contribution in [0.15, 0.2) is 59.7 Å². The van der Waals surface area contributed by atoms with Gasteiger partial charge in [0.1, 0.15) is 5.82 Å². The molecule has 3 aromatic rings. The van der Waals surface area contributed by atoms with Gasteiger partial charge >= 0.3 is 0 Å². The van der Waals surface area contributed by atoms with Gasteiger partial charge in [-0.1, -0.05) is 24.3 Å². The predicted octanol–water partition coefficient (Wildman–Crippen LogP) is 3.11. The number of hydrogen-bond acceptors (Lipinski definition) is 4. The van der Waals surface area contributed by atoms with Gasteiger partial charge in [0.05, 0.1) is 0 Å². The number of para-hydroxylation sites is 1. The van der Waals surface area contributed by atoms with E-state index in [9.17, 15) is 0 Å². The van der Waals surface area contributed by atoms with Crippen molar-refractivity contribution in [2.24, 2.45) is 4.99 Å². The van der Waals surface area contributed by atoms with Gasteiger partial charge in [-0.05, 0) is 44.0 Å². The molecule has 0 unspecified atom stereocenters. The standard InChI is InChI=1S/C22H29N7.HI/c1-2-23-22(24-14-11-21-27-26-20-10-6-7-15-29(20)21)25-18-12-16-28(17-13-18)19-8-4-3-5-9-19;/h3-10,15,18H,2,11-14,16-17H2,1H3,(H2,23,24,25);1H. The molecule has 160 valence electrons. The minimum Gasteiger partial charge on any atom is -0.371 e. The molecule has 1 fully saturated rings. The van der Waals surface area contributed by atoms with Crippen molar-refractivity contribution in [1.29, 1.82) is 0 Å². The zero-order valence-corrected chi connectivity index (χ0v) is 19.7. The molecule has 8 heteroatoms. The fraction of sp³-hybridized carbons (Fsp3) is 0.409. The van der Waals surface area contributed by atoms with E-state index >= 15 is 0 Å². The Labute approximate surface area is 195 Å². The monoisotopic (exact) mass is 519 g/mol. The van der Waals surface area contributed by atoms with E-state index in [-0.39, 0.29) is 24.0 Å². The summed E-state index contributed by atoms with van der Waals surface area (Å²) in [5.74, 6) is 1.83. The van der Waals surface area contributed by atoms with Gasteiger partial charge in [-0.2, -0.15) is 0 Å². The molecule has 3 heterocycles. The third-order valence-electron chi connectivity index (χ3n) is 5.29. The van der Waals surface area contributed by atoms with Gasteiger partial charge in [-0.15, -0.1) is 34.2 Å². The van der Waals surface area contributed by atoms with Crippen molar-refractivity contribution in [3.05, 3.63) is 60.6 Å². The molecule has 4 rings (SSSR count). The zero-order chi connectivity index (χ0) is 19.9. The van der Waals surface area contributed by atoms with Crippen LogP contribution in [0.2, 0.25) is 0 Å². The lowest BCUT2D eigenvalue weighted by Crippen LogP contribution is -2.48. The summed E-state index contributed by atoms with van der Waals surface area (Å²) in [6, 6.07) is 17.0. The molecule has 1 saturated heterocycles. The van der Waals surface area contributed by atoms with E-state index in [0.717, 1.165) is 56.3 Å². The number of nitrogens with zero attached hydrogens (tertiary/aromatic N) is 5. The number of hydrogen-bond donors (Lipinski definition) is 2. The summed E-state index contributed by atoms with van der Waals surface area (Å²) in [5.41, 5.74) is 2.19. The van der Waals surface area contributed by atoms with E-state index in [2.05, 4.69) is 63.0 Å². The van der Waals surface area contributed by atoms with Crippen molar-refractivity contribution in [3.63, 3.8) is 0 Å². The maximum absolute atomic E-state index is 4.77. The van der Waals surface area contributed by atoms with Crippen LogP contribution in [-0.2, 0) is 6.42 Å². The minimum atomic E-state index is 0. The highest BCUT2D eigenvalue weighted by molar-refractivity contribution is 14.0. The van der Waals surface area contributed by atoms with Gasteiger partial charge in [0.15, 0.2) is 11.6 Å². The first-order valence-electron chi connectivity index (χ1n) is 10.5. The van der Waals surface area contributed by atoms with E-state index in [1.807, 2.05) is 28.8 Å². The van der Waals surface area contributed by atoms with Crippen LogP contribution in [0.4, 0.5) is 5.69 Å². The smallest absolute Gasteiger partial charge is 0.191 e. The summed E-state index contributed by atoms with van der Waals surface area (Å²) < 4.78 is 2.02. The highest BCUT2D eigenvalue weighted by Gasteiger charge is 2.20. The lowest BCUT2D eigenvalue weighted by molar-refractivity contribution is 0.461. The number of halogens is 1. The average Bonchev–Trinajstić information content (AvgIpc) is 3.18. The lowest BCUT2D eigenvalue weighted by atomic mass is 10.0. The summed E-state index contributed by atoms with van der Waals surface area (Å²) in [7, 11) is 0. The number of fused-ring (bicyclic) bond motifs is 1. The molecular formula is C22H30IN7. The fourth-order valence-corrected chi connectivity index (χ4v) is 3.76. The van der Waals surface area contributed by atoms with Gasteiger partial charge in [-0.25, -0.2) is 0 Å². The number of benzene rings is 1. The van der Waals surface area contributed by atoms with Crippen molar-refractivity contribution in [1.82, 2.24) is 25.2 Å². The second-order valence-corrected chi connectivity index (χ2v) is 7.30. The Morgan fingerprint density at radius 3 is 2.60 bits per heavy atom. The molecule has 0 amide bonds. The number of guanidine groups is 1. The van der Waals surface area contributed by atoms with Gasteiger partial charge < -0.3 is 15.5 Å². The molecule has 0 atom stereocenters. The summed E-state index contributed by atoms with van der Waals surface area (Å²) >= 11 is 0. The molecule has 1 aliphatic heterocycles. The number of anilines is 1. The number of aliphatic imine (C=N–C) groups is 1. The van der Waals surface area contributed by atoms with Crippen LogP contribution in [0.25, 0.3) is 5.65 Å². The first-order valence-corrected chi connectivity index (χ1v) is 10.5. The van der Waals surface area contributed by atoms with Crippen molar-refractivity contribution in [2.75, 3.05) is 31.1 Å². The Kier molecular flexibility index (Phi) is 8.30. The molecule has 0 radical (unpaired) electrons. The van der Waals surface area contributed by atoms with Crippen LogP contribution in [-0.4, -0.2) is 52.8 Å². The number of nitrogens with one attached hydrogen (secondary N) is 2. The Bertz CT molecular complexity index is 933. The molecule has 2 aromatic heterocycles. The van der Waals surface area contributed by atoms with Crippen LogP contribution in [0.1, 0.15) is 25.6 Å². The predicted molar refractivity (Wildman–Crippen MR) is 133 cm³/mol. The zero-order valence-electron chi connectivity index (χ0n) is 17.4. The van der Waals surface area contributed by atoms with Crippen molar-refractivity contribution < 1.29 is 0 Å². The van der Waals surface area contributed by atoms with Crippen LogP contribution >= 0.6 is 24.0 Å². The third-order valence-corrected chi connectivity index (χ3v) is 5.29. The quantitative estimate of drug-likeness (QED) is 0.298. The summed E-state index contributed by atoms with van der Waals surface area (Å²) in [6.07, 6.45) is 4.97. The molecule has 30 heavy (non-hydrogen) atoms. The Hall–Kier alpha value is -2.36. The fourth-order valence-electron chi connectivity index (χ4n) is 3.76. The SMILES string of the molecule is CCNC(=NCCc1nnc2ccccn12)NC1CCN(c2ccccc2)CC1.I. The molecule has 2 N–H and O–H groups in total. The van der Waals surface area contributed by atoms with Crippen molar-refractivity contribution >= 4 is 41.3 Å². The van der Waals surface area contributed by atoms with E-state index in [0.29, 0.717) is 12.6 Å². The van der Waals surface area contributed by atoms with Gasteiger partial charge in [0.2, 0.25) is 0 Å². The van der Waals surface area contributed by atoms with Crippen LogP contribution < -0.4 is 15.5 Å². The first-order chi connectivity index (χ1) is 14.3. The molecule has 0 spiro atoms. The maximum atomic E-state index is 4.77. The molecule has 0 aliphatic carbocycles. The van der Waals surface area contributed by atoms with Gasteiger partial charge in [0.25, 0.3) is 0 Å². The summed E-state index contributed by atoms with van der Waals surface area (Å²) in [4.78, 5) is 7.22. The highest BCUT2D eigenvalue weighted by Crippen LogP contribution is 2.19. The molecule has 0 saturated carbocycles. The Balaban J connectivity index is 0.00000256. The van der Waals surface area contributed by atoms with Gasteiger partial charge in [0, 0.05) is 50.5 Å². The molecule has 7 nitrogen and oxygen atoms in total. The second-order valence-electron chi connectivity index (χ2n) is 7.30. The van der Waals surface area contributed by atoms with Crippen LogP contribution in [0.5, 0.6) is 0 Å². The summed E-state index contributed by atoms with van der Waals surface area (Å²) in [6.45, 7) is 5.75. The van der Waals surface area contributed by atoms with E-state index in [1.54, 1.807) is 0 Å². The number of rotatable bonds is 6. The van der Waals surface area contributed by atoms with Crippen molar-refractivity contribution in [2.45, 2.75) is 32.2 Å². The van der Waals surface area contributed by atoms with E-state index in [1.165, 1.54) is 5.69 Å². The van der Waals surface area contributed by atoms with Crippen molar-refractivity contribution in [3.8, 4) is 0 Å². The topological polar surface area (TPSA) is 69.8 Å². The number of pyridine rings is 1. The van der Waals surface area contributed by atoms with Crippen LogP contribution in [0, 0.1) is 0 Å². The third kappa shape index (κ3) is 5.62. The maximum Gasteiger partial charge on any atom is 0.191 e. The minimum absolute atomic E-state index is 0. The molecule has 0 bridgehead atoms. The highest BCUT2D eigenvalue weighted by atomic mass is 127. The Morgan fingerprint density at radius 1 is 1.07 bits per heavy atom. The van der Waals surface area contributed by atoms with E-state index < -0.39 is 0 Å². The van der Waals surface area contributed by atoms with Gasteiger partial charge in [-0.3, -0.25) is 9.39 Å².